The van der Waals surface area contributed by atoms with Crippen molar-refractivity contribution in [3.8, 4) is 5.75 Å². The number of benzene rings is 1. The van der Waals surface area contributed by atoms with Crippen molar-refractivity contribution in [1.29, 1.82) is 0 Å². The lowest BCUT2D eigenvalue weighted by Gasteiger charge is -2.35. The Bertz CT molecular complexity index is 949. The molecule has 2 aromatic rings. The van der Waals surface area contributed by atoms with E-state index in [-0.39, 0.29) is 5.91 Å². The fourth-order valence-electron chi connectivity index (χ4n) is 4.75. The first kappa shape index (κ1) is 22.6. The first-order valence-electron chi connectivity index (χ1n) is 12.0. The number of nitrogens with zero attached hydrogens (tertiary/aromatic N) is 4. The van der Waals surface area contributed by atoms with E-state index in [4.69, 9.17) is 14.7 Å². The van der Waals surface area contributed by atoms with Crippen molar-refractivity contribution < 1.29 is 9.53 Å². The minimum atomic E-state index is 0.142. The Labute approximate surface area is 192 Å². The fourth-order valence-corrected chi connectivity index (χ4v) is 4.75. The summed E-state index contributed by atoms with van der Waals surface area (Å²) >= 11 is 0. The summed E-state index contributed by atoms with van der Waals surface area (Å²) in [6.45, 7) is 6.77. The second-order valence-corrected chi connectivity index (χ2v) is 9.24. The molecule has 0 atom stereocenters. The van der Waals surface area contributed by atoms with Crippen LogP contribution in [0.5, 0.6) is 5.75 Å². The van der Waals surface area contributed by atoms with Gasteiger partial charge in [-0.3, -0.25) is 4.79 Å². The van der Waals surface area contributed by atoms with Gasteiger partial charge in [-0.25, -0.2) is 9.97 Å². The maximum atomic E-state index is 12.9. The van der Waals surface area contributed by atoms with Crippen LogP contribution in [0.25, 0.3) is 0 Å². The summed E-state index contributed by atoms with van der Waals surface area (Å²) in [6.07, 6.45) is 5.77. The minimum Gasteiger partial charge on any atom is -0.496 e. The van der Waals surface area contributed by atoms with E-state index in [9.17, 15) is 4.79 Å². The van der Waals surface area contributed by atoms with Gasteiger partial charge < -0.3 is 14.5 Å². The molecule has 1 aliphatic carbocycles. The highest BCUT2D eigenvalue weighted by molar-refractivity contribution is 5.80. The second kappa shape index (κ2) is 9.88. The summed E-state index contributed by atoms with van der Waals surface area (Å²) in [7, 11) is 3.63. The van der Waals surface area contributed by atoms with Gasteiger partial charge in [-0.05, 0) is 56.6 Å². The number of ether oxygens (including phenoxy) is 1. The molecule has 0 bridgehead atoms. The smallest absolute Gasteiger partial charge is 0.226 e. The summed E-state index contributed by atoms with van der Waals surface area (Å²) in [5.41, 5.74) is 3.25. The van der Waals surface area contributed by atoms with E-state index in [1.807, 2.05) is 31.0 Å². The number of para-hydroxylation sites is 1. The van der Waals surface area contributed by atoms with E-state index >= 15 is 0 Å². The van der Waals surface area contributed by atoms with E-state index in [1.54, 1.807) is 7.11 Å². The zero-order valence-corrected chi connectivity index (χ0v) is 19.9. The van der Waals surface area contributed by atoms with Crippen molar-refractivity contribution in [2.75, 3.05) is 38.7 Å². The lowest BCUT2D eigenvalue weighted by Crippen LogP contribution is -2.36. The van der Waals surface area contributed by atoms with Gasteiger partial charge in [-0.15, -0.1) is 0 Å². The topological polar surface area (TPSA) is 58.6 Å². The summed E-state index contributed by atoms with van der Waals surface area (Å²) in [6, 6.07) is 8.36. The van der Waals surface area contributed by atoms with Crippen molar-refractivity contribution >= 4 is 11.7 Å². The van der Waals surface area contributed by atoms with Crippen LogP contribution in [0.4, 0.5) is 5.82 Å². The molecule has 0 radical (unpaired) electrons. The molecule has 2 fully saturated rings. The molecular weight excluding hydrogens is 400 g/mol. The van der Waals surface area contributed by atoms with Crippen LogP contribution in [0, 0.1) is 6.92 Å². The van der Waals surface area contributed by atoms with Crippen LogP contribution >= 0.6 is 0 Å². The Balaban J connectivity index is 1.56. The number of amides is 1. The number of rotatable bonds is 8. The highest BCUT2D eigenvalue weighted by atomic mass is 16.5. The first-order valence-corrected chi connectivity index (χ1v) is 12.0. The summed E-state index contributed by atoms with van der Waals surface area (Å²) in [5, 5.41) is 0. The van der Waals surface area contributed by atoms with Crippen molar-refractivity contribution in [1.82, 2.24) is 14.9 Å². The molecule has 1 saturated heterocycles. The van der Waals surface area contributed by atoms with E-state index in [2.05, 4.69) is 24.0 Å². The lowest BCUT2D eigenvalue weighted by atomic mass is 9.88. The Morgan fingerprint density at radius 2 is 1.84 bits per heavy atom. The van der Waals surface area contributed by atoms with Gasteiger partial charge in [-0.1, -0.05) is 25.1 Å². The van der Waals surface area contributed by atoms with Crippen molar-refractivity contribution in [2.45, 2.75) is 64.2 Å². The monoisotopic (exact) mass is 436 g/mol. The van der Waals surface area contributed by atoms with Crippen LogP contribution in [0.3, 0.4) is 0 Å². The zero-order valence-electron chi connectivity index (χ0n) is 19.9. The number of aromatic nitrogens is 2. The molecule has 6 nitrogen and oxygen atoms in total. The largest absolute Gasteiger partial charge is 0.496 e. The van der Waals surface area contributed by atoms with E-state index in [0.29, 0.717) is 18.3 Å². The molecule has 1 amide bonds. The average Bonchev–Trinajstić information content (AvgIpc) is 3.66. The molecule has 0 spiro atoms. The molecule has 2 heterocycles. The number of aryl methyl sites for hydroxylation is 1. The summed E-state index contributed by atoms with van der Waals surface area (Å²) in [4.78, 5) is 26.9. The van der Waals surface area contributed by atoms with Crippen molar-refractivity contribution in [2.24, 2.45) is 0 Å². The van der Waals surface area contributed by atoms with Crippen molar-refractivity contribution in [3.05, 3.63) is 46.9 Å². The zero-order chi connectivity index (χ0) is 22.7. The molecule has 0 N–H and O–H groups in total. The predicted octanol–water partition coefficient (Wildman–Crippen LogP) is 4.47. The molecule has 4 rings (SSSR count). The second-order valence-electron chi connectivity index (χ2n) is 9.24. The van der Waals surface area contributed by atoms with E-state index < -0.39 is 0 Å². The van der Waals surface area contributed by atoms with E-state index in [0.717, 1.165) is 67.5 Å². The Morgan fingerprint density at radius 3 is 2.50 bits per heavy atom. The molecule has 1 aromatic carbocycles. The van der Waals surface area contributed by atoms with Crippen LogP contribution in [0.2, 0.25) is 0 Å². The highest BCUT2D eigenvalue weighted by Crippen LogP contribution is 2.40. The Kier molecular flexibility index (Phi) is 6.97. The fraction of sp³-hybridized carbons (Fsp3) is 0.577. The van der Waals surface area contributed by atoms with Gasteiger partial charge in [0, 0.05) is 43.9 Å². The van der Waals surface area contributed by atoms with Crippen LogP contribution in [-0.2, 0) is 11.2 Å². The van der Waals surface area contributed by atoms with Crippen LogP contribution in [0.1, 0.15) is 73.5 Å². The summed E-state index contributed by atoms with van der Waals surface area (Å²) in [5.74, 6) is 4.03. The number of likely N-dealkylation sites (N-methyl/N-ethyl adjacent to an activating group) is 1. The van der Waals surface area contributed by atoms with Crippen LogP contribution < -0.4 is 9.64 Å². The number of carbonyl (C=O) groups is 1. The van der Waals surface area contributed by atoms with E-state index in [1.165, 1.54) is 18.4 Å². The number of hydrogen-bond donors (Lipinski definition) is 0. The molecule has 2 aliphatic rings. The van der Waals surface area contributed by atoms with Gasteiger partial charge in [0.1, 0.15) is 17.4 Å². The highest BCUT2D eigenvalue weighted by Gasteiger charge is 2.31. The molecule has 1 aliphatic heterocycles. The Hall–Kier alpha value is -2.63. The van der Waals surface area contributed by atoms with Gasteiger partial charge >= 0.3 is 0 Å². The third-order valence-corrected chi connectivity index (χ3v) is 6.84. The maximum Gasteiger partial charge on any atom is 0.226 e. The SMILES string of the molecule is CCCN(C)C(=O)Cc1c(C)nc(C2CC2)nc1N1CCC(c2ccccc2OC)CC1. The van der Waals surface area contributed by atoms with Gasteiger partial charge in [0.15, 0.2) is 0 Å². The normalized spacial score (nSPS) is 16.8. The maximum absolute atomic E-state index is 12.9. The van der Waals surface area contributed by atoms with Gasteiger partial charge in [0.25, 0.3) is 0 Å². The molecule has 172 valence electrons. The predicted molar refractivity (Wildman–Crippen MR) is 128 cm³/mol. The van der Waals surface area contributed by atoms with Gasteiger partial charge in [0.2, 0.25) is 5.91 Å². The Morgan fingerprint density at radius 1 is 1.12 bits per heavy atom. The van der Waals surface area contributed by atoms with Crippen LogP contribution in [-0.4, -0.2) is 54.6 Å². The molecule has 32 heavy (non-hydrogen) atoms. The molecule has 0 unspecified atom stereocenters. The molecule has 1 saturated carbocycles. The van der Waals surface area contributed by atoms with Crippen LogP contribution in [0.15, 0.2) is 24.3 Å². The standard InChI is InChI=1S/C26H36N4O2/c1-5-14-29(3)24(31)17-22-18(2)27-25(20-10-11-20)28-26(22)30-15-12-19(13-16-30)21-8-6-7-9-23(21)32-4/h6-9,19-20H,5,10-17H2,1-4H3. The van der Waals surface area contributed by atoms with Gasteiger partial charge in [-0.2, -0.15) is 0 Å². The molecular formula is C26H36N4O2. The first-order chi connectivity index (χ1) is 15.5. The number of piperidine rings is 1. The number of carbonyl (C=O) groups excluding carboxylic acids is 1. The van der Waals surface area contributed by atoms with Gasteiger partial charge in [0.05, 0.1) is 13.5 Å². The molecule has 1 aromatic heterocycles. The number of anilines is 1. The number of hydrogen-bond acceptors (Lipinski definition) is 5. The number of methoxy groups -OCH3 is 1. The average molecular weight is 437 g/mol. The quantitative estimate of drug-likeness (QED) is 0.611. The third-order valence-electron chi connectivity index (χ3n) is 6.84. The third kappa shape index (κ3) is 4.89. The lowest BCUT2D eigenvalue weighted by molar-refractivity contribution is -0.129. The summed E-state index contributed by atoms with van der Waals surface area (Å²) < 4.78 is 5.60. The molecule has 6 heteroatoms. The minimum absolute atomic E-state index is 0.142. The van der Waals surface area contributed by atoms with Crippen molar-refractivity contribution in [3.63, 3.8) is 0 Å².